The number of carboxylic acids is 1. The zero-order chi connectivity index (χ0) is 22.8. The number of halogens is 1. The van der Waals surface area contributed by atoms with Crippen LogP contribution in [0.4, 0.5) is 10.2 Å². The number of H-pyrrole nitrogens is 1. The zero-order valence-electron chi connectivity index (χ0n) is 18.5. The minimum Gasteiger partial charge on any atom is -0.481 e. The first-order chi connectivity index (χ1) is 16.0. The van der Waals surface area contributed by atoms with Crippen LogP contribution in [0.3, 0.4) is 0 Å². The van der Waals surface area contributed by atoms with Crippen molar-refractivity contribution in [2.45, 2.75) is 44.9 Å². The van der Waals surface area contributed by atoms with Gasteiger partial charge in [0, 0.05) is 36.8 Å². The lowest BCUT2D eigenvalue weighted by Gasteiger charge is -2.46. The Balaban J connectivity index is 1.19. The van der Waals surface area contributed by atoms with Gasteiger partial charge in [0.25, 0.3) is 0 Å². The summed E-state index contributed by atoms with van der Waals surface area (Å²) >= 11 is 0. The van der Waals surface area contributed by atoms with Crippen molar-refractivity contribution >= 4 is 11.8 Å². The molecule has 0 bridgehead atoms. The molecule has 2 aliphatic rings. The number of carboxylic acid groups (broad SMARTS) is 1. The number of carbonyl (C=O) groups is 1. The number of piperidine rings is 1. The maximum Gasteiger partial charge on any atom is 0.303 e. The molecule has 1 saturated heterocycles. The Bertz CT molecular complexity index is 1090. The Morgan fingerprint density at radius 3 is 2.39 bits per heavy atom. The van der Waals surface area contributed by atoms with Crippen LogP contribution in [-0.4, -0.2) is 44.3 Å². The van der Waals surface area contributed by atoms with Crippen molar-refractivity contribution in [1.29, 1.82) is 0 Å². The Morgan fingerprint density at radius 1 is 1.06 bits per heavy atom. The van der Waals surface area contributed by atoms with Gasteiger partial charge in [0.1, 0.15) is 11.6 Å². The highest BCUT2D eigenvalue weighted by Gasteiger charge is 2.38. The lowest BCUT2D eigenvalue weighted by atomic mass is 9.65. The van der Waals surface area contributed by atoms with Gasteiger partial charge in [-0.15, -0.1) is 0 Å². The normalized spacial score (nSPS) is 18.5. The molecule has 0 amide bonds. The van der Waals surface area contributed by atoms with Crippen LogP contribution in [0.1, 0.15) is 44.9 Å². The third-order valence-corrected chi connectivity index (χ3v) is 7.39. The monoisotopic (exact) mass is 449 g/mol. The van der Waals surface area contributed by atoms with E-state index in [1.807, 2.05) is 18.3 Å². The number of anilines is 1. The molecule has 0 unspecified atom stereocenters. The molecule has 8 heteroatoms. The molecule has 1 aromatic carbocycles. The van der Waals surface area contributed by atoms with Gasteiger partial charge in [0.15, 0.2) is 11.6 Å². The van der Waals surface area contributed by atoms with E-state index in [0.29, 0.717) is 29.4 Å². The first-order valence-electron chi connectivity index (χ1n) is 11.6. The number of aromatic amines is 1. The molecule has 2 fully saturated rings. The fraction of sp³-hybridized carbons (Fsp3) is 0.440. The van der Waals surface area contributed by atoms with E-state index in [1.165, 1.54) is 12.1 Å². The van der Waals surface area contributed by atoms with E-state index in [9.17, 15) is 9.18 Å². The van der Waals surface area contributed by atoms with Crippen molar-refractivity contribution in [3.05, 3.63) is 48.4 Å². The maximum absolute atomic E-state index is 13.1. The summed E-state index contributed by atoms with van der Waals surface area (Å²) in [5.74, 6) is 1.50. The highest BCUT2D eigenvalue weighted by atomic mass is 19.1. The molecule has 1 spiro atoms. The minimum absolute atomic E-state index is 0.288. The van der Waals surface area contributed by atoms with E-state index < -0.39 is 5.97 Å². The zero-order valence-corrected chi connectivity index (χ0v) is 18.5. The molecule has 1 aliphatic heterocycles. The summed E-state index contributed by atoms with van der Waals surface area (Å²) in [5, 5.41) is 16.2. The third kappa shape index (κ3) is 4.74. The van der Waals surface area contributed by atoms with Crippen molar-refractivity contribution in [3.8, 4) is 22.8 Å². The van der Waals surface area contributed by atoms with Crippen molar-refractivity contribution in [3.63, 3.8) is 0 Å². The van der Waals surface area contributed by atoms with Crippen LogP contribution >= 0.6 is 0 Å². The number of pyridine rings is 1. The van der Waals surface area contributed by atoms with Gasteiger partial charge in [0.2, 0.25) is 0 Å². The molecule has 2 N–H and O–H groups in total. The highest BCUT2D eigenvalue weighted by Crippen LogP contribution is 2.47. The molecule has 2 aromatic heterocycles. The van der Waals surface area contributed by atoms with Crippen LogP contribution in [0.5, 0.6) is 0 Å². The molecule has 3 heterocycles. The molecular weight excluding hydrogens is 421 g/mol. The predicted octanol–water partition coefficient (Wildman–Crippen LogP) is 4.92. The summed E-state index contributed by atoms with van der Waals surface area (Å²) in [5.41, 5.74) is 1.98. The maximum atomic E-state index is 13.1. The summed E-state index contributed by atoms with van der Waals surface area (Å²) in [6, 6.07) is 10.1. The largest absolute Gasteiger partial charge is 0.481 e. The number of rotatable bonds is 5. The summed E-state index contributed by atoms with van der Waals surface area (Å²) in [7, 11) is 0. The summed E-state index contributed by atoms with van der Waals surface area (Å²) in [6.07, 6.45) is 8.77. The third-order valence-electron chi connectivity index (χ3n) is 7.39. The van der Waals surface area contributed by atoms with Crippen LogP contribution < -0.4 is 4.90 Å². The molecule has 33 heavy (non-hydrogen) atoms. The second-order valence-electron chi connectivity index (χ2n) is 9.45. The van der Waals surface area contributed by atoms with Crippen LogP contribution in [0.25, 0.3) is 22.8 Å². The number of hydrogen-bond donors (Lipinski definition) is 2. The topological polar surface area (TPSA) is 95.0 Å². The van der Waals surface area contributed by atoms with Gasteiger partial charge < -0.3 is 10.0 Å². The van der Waals surface area contributed by atoms with Crippen molar-refractivity contribution in [2.75, 3.05) is 18.0 Å². The van der Waals surface area contributed by atoms with Gasteiger partial charge in [0.05, 0.1) is 0 Å². The lowest BCUT2D eigenvalue weighted by Crippen LogP contribution is -2.42. The van der Waals surface area contributed by atoms with Crippen molar-refractivity contribution < 1.29 is 14.3 Å². The van der Waals surface area contributed by atoms with Gasteiger partial charge in [-0.1, -0.05) is 0 Å². The first kappa shape index (κ1) is 21.6. The smallest absolute Gasteiger partial charge is 0.303 e. The molecular formula is C25H28FN5O2. The van der Waals surface area contributed by atoms with Crippen LogP contribution in [0, 0.1) is 17.2 Å². The summed E-state index contributed by atoms with van der Waals surface area (Å²) in [6.45, 7) is 1.96. The van der Waals surface area contributed by atoms with E-state index in [-0.39, 0.29) is 5.82 Å². The van der Waals surface area contributed by atoms with Gasteiger partial charge in [-0.3, -0.25) is 9.89 Å². The second kappa shape index (κ2) is 8.92. The predicted molar refractivity (Wildman–Crippen MR) is 123 cm³/mol. The molecule has 3 aromatic rings. The fourth-order valence-electron chi connectivity index (χ4n) is 5.28. The Hall–Kier alpha value is -3.29. The molecule has 172 valence electrons. The van der Waals surface area contributed by atoms with E-state index >= 15 is 0 Å². The second-order valence-corrected chi connectivity index (χ2v) is 9.45. The SMILES string of the molecule is O=C(O)CC1CCC2(CC1)CCN(c1ccc(-c3nc(-c4ccc(F)cc4)n[nH]3)cn1)CC2. The number of aliphatic carboxylic acids is 1. The van der Waals surface area contributed by atoms with E-state index in [4.69, 9.17) is 5.11 Å². The van der Waals surface area contributed by atoms with Crippen LogP contribution in [-0.2, 0) is 4.79 Å². The summed E-state index contributed by atoms with van der Waals surface area (Å²) in [4.78, 5) is 22.5. The standard InChI is InChI=1S/C25H28FN5O2/c26-20-4-1-18(2-5-20)23-28-24(30-29-23)19-3-6-21(27-16-19)31-13-11-25(12-14-31)9-7-17(8-10-25)15-22(32)33/h1-6,16-17H,7-15H2,(H,32,33)(H,28,29,30). The van der Waals surface area contributed by atoms with E-state index in [2.05, 4.69) is 25.1 Å². The number of nitrogens with zero attached hydrogens (tertiary/aromatic N) is 4. The Labute approximate surface area is 192 Å². The Morgan fingerprint density at radius 2 is 1.76 bits per heavy atom. The quantitative estimate of drug-likeness (QED) is 0.574. The lowest BCUT2D eigenvalue weighted by molar-refractivity contribution is -0.138. The fourth-order valence-corrected chi connectivity index (χ4v) is 5.28. The number of hydrogen-bond acceptors (Lipinski definition) is 5. The molecule has 0 radical (unpaired) electrons. The average molecular weight is 450 g/mol. The summed E-state index contributed by atoms with van der Waals surface area (Å²) < 4.78 is 13.1. The van der Waals surface area contributed by atoms with Gasteiger partial charge >= 0.3 is 5.97 Å². The van der Waals surface area contributed by atoms with Crippen molar-refractivity contribution in [2.24, 2.45) is 11.3 Å². The number of aromatic nitrogens is 4. The average Bonchev–Trinajstić information content (AvgIpc) is 3.32. The molecule has 1 saturated carbocycles. The van der Waals surface area contributed by atoms with Gasteiger partial charge in [-0.25, -0.2) is 14.4 Å². The molecule has 7 nitrogen and oxygen atoms in total. The van der Waals surface area contributed by atoms with Crippen LogP contribution in [0.15, 0.2) is 42.6 Å². The van der Waals surface area contributed by atoms with E-state index in [1.54, 1.807) is 12.1 Å². The van der Waals surface area contributed by atoms with Crippen molar-refractivity contribution in [1.82, 2.24) is 20.2 Å². The molecule has 5 rings (SSSR count). The number of benzene rings is 1. The van der Waals surface area contributed by atoms with E-state index in [0.717, 1.165) is 68.6 Å². The van der Waals surface area contributed by atoms with Gasteiger partial charge in [-0.05, 0) is 86.3 Å². The minimum atomic E-state index is -0.669. The molecule has 0 atom stereocenters. The highest BCUT2D eigenvalue weighted by molar-refractivity contribution is 5.67. The Kier molecular flexibility index (Phi) is 5.83. The van der Waals surface area contributed by atoms with Crippen LogP contribution in [0.2, 0.25) is 0 Å². The van der Waals surface area contributed by atoms with Gasteiger partial charge in [-0.2, -0.15) is 5.10 Å². The number of nitrogens with one attached hydrogen (secondary N) is 1. The molecule has 1 aliphatic carbocycles. The first-order valence-corrected chi connectivity index (χ1v) is 11.6.